The Hall–Kier alpha value is -1.32. The third-order valence-electron chi connectivity index (χ3n) is 1.72. The highest BCUT2D eigenvalue weighted by molar-refractivity contribution is 6.30. The Morgan fingerprint density at radius 3 is 2.73 bits per heavy atom. The van der Waals surface area contributed by atoms with Crippen LogP contribution >= 0.6 is 23.2 Å². The average molecular weight is 240 g/mol. The van der Waals surface area contributed by atoms with E-state index in [2.05, 4.69) is 15.3 Å². The minimum absolute atomic E-state index is 0.210. The van der Waals surface area contributed by atoms with Gasteiger partial charge in [0.2, 0.25) is 5.28 Å². The summed E-state index contributed by atoms with van der Waals surface area (Å²) in [7, 11) is 0. The van der Waals surface area contributed by atoms with E-state index in [0.29, 0.717) is 10.8 Å². The first-order valence-corrected chi connectivity index (χ1v) is 5.01. The average Bonchev–Trinajstić information content (AvgIpc) is 2.17. The van der Waals surface area contributed by atoms with E-state index in [1.807, 2.05) is 12.1 Å². The molecule has 0 amide bonds. The van der Waals surface area contributed by atoms with Crippen molar-refractivity contribution in [1.82, 2.24) is 9.97 Å². The van der Waals surface area contributed by atoms with E-state index in [0.717, 1.165) is 5.69 Å². The number of nitrogens with one attached hydrogen (secondary N) is 1. The molecule has 1 aromatic carbocycles. The second-order valence-corrected chi connectivity index (χ2v) is 3.62. The van der Waals surface area contributed by atoms with E-state index in [-0.39, 0.29) is 5.28 Å². The zero-order valence-electron chi connectivity index (χ0n) is 7.61. The fourth-order valence-corrected chi connectivity index (χ4v) is 1.46. The van der Waals surface area contributed by atoms with Gasteiger partial charge in [0.15, 0.2) is 0 Å². The van der Waals surface area contributed by atoms with Gasteiger partial charge in [0.1, 0.15) is 5.82 Å². The van der Waals surface area contributed by atoms with Gasteiger partial charge in [0, 0.05) is 16.9 Å². The topological polar surface area (TPSA) is 37.8 Å². The Balaban J connectivity index is 2.22. The lowest BCUT2D eigenvalue weighted by Crippen LogP contribution is -1.94. The van der Waals surface area contributed by atoms with Crippen molar-refractivity contribution >= 4 is 34.7 Å². The van der Waals surface area contributed by atoms with Gasteiger partial charge >= 0.3 is 0 Å². The smallest absolute Gasteiger partial charge is 0.224 e. The van der Waals surface area contributed by atoms with Crippen molar-refractivity contribution in [3.63, 3.8) is 0 Å². The Labute approximate surface area is 97.1 Å². The Morgan fingerprint density at radius 2 is 2.00 bits per heavy atom. The summed E-state index contributed by atoms with van der Waals surface area (Å²) >= 11 is 11.5. The fraction of sp³-hybridized carbons (Fsp3) is 0. The van der Waals surface area contributed by atoms with Gasteiger partial charge in [-0.1, -0.05) is 17.7 Å². The molecule has 0 aliphatic rings. The molecule has 15 heavy (non-hydrogen) atoms. The first kappa shape index (κ1) is 10.2. The van der Waals surface area contributed by atoms with Crippen LogP contribution in [0.3, 0.4) is 0 Å². The molecule has 0 bridgehead atoms. The summed E-state index contributed by atoms with van der Waals surface area (Å²) in [5, 5.41) is 3.94. The van der Waals surface area contributed by atoms with Crippen molar-refractivity contribution in [2.45, 2.75) is 0 Å². The van der Waals surface area contributed by atoms with Crippen LogP contribution in [0.5, 0.6) is 0 Å². The summed E-state index contributed by atoms with van der Waals surface area (Å²) in [5.41, 5.74) is 0.859. The van der Waals surface area contributed by atoms with Crippen LogP contribution in [0, 0.1) is 0 Å². The number of anilines is 2. The summed E-state index contributed by atoms with van der Waals surface area (Å²) in [6, 6.07) is 9.08. The number of aromatic nitrogens is 2. The molecule has 0 aliphatic carbocycles. The third kappa shape index (κ3) is 2.81. The molecule has 3 nitrogen and oxygen atoms in total. The van der Waals surface area contributed by atoms with Crippen molar-refractivity contribution in [2.75, 3.05) is 5.32 Å². The predicted octanol–water partition coefficient (Wildman–Crippen LogP) is 3.53. The normalized spacial score (nSPS) is 10.0. The highest BCUT2D eigenvalue weighted by Gasteiger charge is 1.97. The molecule has 0 aliphatic heterocycles. The van der Waals surface area contributed by atoms with E-state index >= 15 is 0 Å². The van der Waals surface area contributed by atoms with Crippen molar-refractivity contribution in [3.05, 3.63) is 46.8 Å². The molecule has 0 unspecified atom stereocenters. The second-order valence-electron chi connectivity index (χ2n) is 2.85. The van der Waals surface area contributed by atoms with Gasteiger partial charge in [0.25, 0.3) is 0 Å². The lowest BCUT2D eigenvalue weighted by molar-refractivity contribution is 1.17. The molecule has 76 valence electrons. The number of hydrogen-bond donors (Lipinski definition) is 1. The highest BCUT2D eigenvalue weighted by atomic mass is 35.5. The van der Waals surface area contributed by atoms with Crippen LogP contribution < -0.4 is 5.32 Å². The lowest BCUT2D eigenvalue weighted by atomic mass is 10.3. The van der Waals surface area contributed by atoms with Gasteiger partial charge in [0.05, 0.1) is 0 Å². The highest BCUT2D eigenvalue weighted by Crippen LogP contribution is 2.18. The van der Waals surface area contributed by atoms with Crippen molar-refractivity contribution in [2.24, 2.45) is 0 Å². The van der Waals surface area contributed by atoms with Gasteiger partial charge in [-0.15, -0.1) is 0 Å². The molecule has 0 radical (unpaired) electrons. The quantitative estimate of drug-likeness (QED) is 0.816. The third-order valence-corrected chi connectivity index (χ3v) is 2.14. The monoisotopic (exact) mass is 239 g/mol. The van der Waals surface area contributed by atoms with Crippen LogP contribution in [0.4, 0.5) is 11.5 Å². The number of benzene rings is 1. The molecule has 0 atom stereocenters. The van der Waals surface area contributed by atoms with Crippen LogP contribution in [-0.4, -0.2) is 9.97 Å². The zero-order chi connectivity index (χ0) is 10.7. The summed E-state index contributed by atoms with van der Waals surface area (Å²) in [4.78, 5) is 7.79. The van der Waals surface area contributed by atoms with Gasteiger partial charge in [-0.25, -0.2) is 9.97 Å². The molecule has 1 heterocycles. The zero-order valence-corrected chi connectivity index (χ0v) is 9.13. The van der Waals surface area contributed by atoms with Gasteiger partial charge in [-0.2, -0.15) is 0 Å². The molecule has 1 N–H and O–H groups in total. The van der Waals surface area contributed by atoms with E-state index in [4.69, 9.17) is 23.2 Å². The van der Waals surface area contributed by atoms with E-state index < -0.39 is 0 Å². The van der Waals surface area contributed by atoms with Crippen molar-refractivity contribution in [1.29, 1.82) is 0 Å². The first-order valence-electron chi connectivity index (χ1n) is 4.25. The van der Waals surface area contributed by atoms with Crippen molar-refractivity contribution < 1.29 is 0 Å². The van der Waals surface area contributed by atoms with Crippen LogP contribution in [0.1, 0.15) is 0 Å². The summed E-state index contributed by atoms with van der Waals surface area (Å²) in [6.07, 6.45) is 1.59. The predicted molar refractivity (Wildman–Crippen MR) is 61.8 cm³/mol. The molecule has 0 spiro atoms. The maximum Gasteiger partial charge on any atom is 0.224 e. The number of halogens is 2. The van der Waals surface area contributed by atoms with Crippen LogP contribution in [0.15, 0.2) is 36.5 Å². The van der Waals surface area contributed by atoms with E-state index in [1.165, 1.54) is 0 Å². The Kier molecular flexibility index (Phi) is 3.04. The first-order chi connectivity index (χ1) is 7.24. The summed E-state index contributed by atoms with van der Waals surface area (Å²) in [5.74, 6) is 0.636. The van der Waals surface area contributed by atoms with Crippen LogP contribution in [-0.2, 0) is 0 Å². The SMILES string of the molecule is Clc1cccc(Nc2ccnc(Cl)n2)c1. The standard InChI is InChI=1S/C10H7Cl2N3/c11-7-2-1-3-8(6-7)14-9-4-5-13-10(12)15-9/h1-6H,(H,13,14,15). The maximum absolute atomic E-state index is 5.84. The lowest BCUT2D eigenvalue weighted by Gasteiger charge is -2.05. The Bertz CT molecular complexity index is 430. The largest absolute Gasteiger partial charge is 0.340 e. The van der Waals surface area contributed by atoms with Gasteiger partial charge < -0.3 is 5.32 Å². The molecule has 2 rings (SSSR count). The Morgan fingerprint density at radius 1 is 1.13 bits per heavy atom. The maximum atomic E-state index is 5.84. The molecule has 5 heteroatoms. The van der Waals surface area contributed by atoms with Crippen LogP contribution in [0.2, 0.25) is 10.3 Å². The summed E-state index contributed by atoms with van der Waals surface area (Å²) in [6.45, 7) is 0. The second kappa shape index (κ2) is 4.47. The van der Waals surface area contributed by atoms with Crippen molar-refractivity contribution in [3.8, 4) is 0 Å². The van der Waals surface area contributed by atoms with Crippen LogP contribution in [0.25, 0.3) is 0 Å². The minimum Gasteiger partial charge on any atom is -0.340 e. The van der Waals surface area contributed by atoms with E-state index in [1.54, 1.807) is 24.4 Å². The number of nitrogens with zero attached hydrogens (tertiary/aromatic N) is 2. The van der Waals surface area contributed by atoms with Gasteiger partial charge in [-0.3, -0.25) is 0 Å². The molecular weight excluding hydrogens is 233 g/mol. The van der Waals surface area contributed by atoms with Gasteiger partial charge in [-0.05, 0) is 35.9 Å². The molecule has 0 saturated heterocycles. The molecular formula is C10H7Cl2N3. The number of rotatable bonds is 2. The van der Waals surface area contributed by atoms with E-state index in [9.17, 15) is 0 Å². The minimum atomic E-state index is 0.210. The molecule has 0 saturated carbocycles. The summed E-state index contributed by atoms with van der Waals surface area (Å²) < 4.78 is 0. The molecule has 1 aromatic heterocycles. The molecule has 0 fully saturated rings. The molecule has 2 aromatic rings. The number of hydrogen-bond acceptors (Lipinski definition) is 3. The fourth-order valence-electron chi connectivity index (χ4n) is 1.12.